The van der Waals surface area contributed by atoms with E-state index in [1.54, 1.807) is 13.2 Å². The highest BCUT2D eigenvalue weighted by atomic mass is 16.5. The Balaban J connectivity index is 2.06. The van der Waals surface area contributed by atoms with Crippen LogP contribution in [0.15, 0.2) is 35.4 Å². The molecule has 0 aliphatic rings. The maximum atomic E-state index is 12.1. The van der Waals surface area contributed by atoms with E-state index in [1.165, 1.54) is 0 Å². The fourth-order valence-corrected chi connectivity index (χ4v) is 1.91. The number of H-pyrrole nitrogens is 1. The van der Waals surface area contributed by atoms with E-state index in [9.17, 15) is 4.79 Å². The van der Waals surface area contributed by atoms with Crippen LogP contribution in [0.4, 0.5) is 0 Å². The van der Waals surface area contributed by atoms with Gasteiger partial charge in [-0.25, -0.2) is 5.43 Å². The van der Waals surface area contributed by atoms with Crippen molar-refractivity contribution in [3.05, 3.63) is 47.3 Å². The van der Waals surface area contributed by atoms with Gasteiger partial charge in [0.1, 0.15) is 5.75 Å². The SMILES string of the molecule is COc1ccc(/C(C)=N/NC(=O)c2cc(C(C)(C)C)[nH]n2)cc1. The van der Waals surface area contributed by atoms with Crippen molar-refractivity contribution in [3.8, 4) is 5.75 Å². The molecule has 0 spiro atoms. The molecule has 0 atom stereocenters. The van der Waals surface area contributed by atoms with Crippen molar-refractivity contribution in [1.82, 2.24) is 15.6 Å². The number of nitrogens with one attached hydrogen (secondary N) is 2. The van der Waals surface area contributed by atoms with Crippen LogP contribution in [0.25, 0.3) is 0 Å². The van der Waals surface area contributed by atoms with Crippen molar-refractivity contribution in [2.45, 2.75) is 33.1 Å². The predicted molar refractivity (Wildman–Crippen MR) is 90.0 cm³/mol. The molecule has 6 heteroatoms. The van der Waals surface area contributed by atoms with E-state index in [4.69, 9.17) is 4.74 Å². The van der Waals surface area contributed by atoms with Gasteiger partial charge in [-0.15, -0.1) is 0 Å². The van der Waals surface area contributed by atoms with Crippen molar-refractivity contribution in [1.29, 1.82) is 0 Å². The molecular formula is C17H22N4O2. The van der Waals surface area contributed by atoms with Gasteiger partial charge >= 0.3 is 0 Å². The molecule has 2 rings (SSSR count). The van der Waals surface area contributed by atoms with Gasteiger partial charge in [-0.1, -0.05) is 20.8 Å². The number of amides is 1. The summed E-state index contributed by atoms with van der Waals surface area (Å²) in [7, 11) is 1.62. The number of carbonyl (C=O) groups is 1. The fraction of sp³-hybridized carbons (Fsp3) is 0.353. The number of ether oxygens (including phenoxy) is 1. The fourth-order valence-electron chi connectivity index (χ4n) is 1.91. The summed E-state index contributed by atoms with van der Waals surface area (Å²) in [6, 6.07) is 9.21. The van der Waals surface area contributed by atoms with E-state index in [0.29, 0.717) is 11.4 Å². The molecule has 0 saturated heterocycles. The Bertz CT molecular complexity index is 709. The van der Waals surface area contributed by atoms with Crippen LogP contribution in [0.2, 0.25) is 0 Å². The average Bonchev–Trinajstić information content (AvgIpc) is 3.02. The first kappa shape index (κ1) is 16.7. The number of rotatable bonds is 4. The largest absolute Gasteiger partial charge is 0.497 e. The molecule has 0 radical (unpaired) electrons. The molecule has 1 aromatic heterocycles. The lowest BCUT2D eigenvalue weighted by Gasteiger charge is -2.14. The zero-order chi connectivity index (χ0) is 17.0. The molecule has 6 nitrogen and oxygen atoms in total. The van der Waals surface area contributed by atoms with Gasteiger partial charge < -0.3 is 4.74 Å². The summed E-state index contributed by atoms with van der Waals surface area (Å²) < 4.78 is 5.11. The van der Waals surface area contributed by atoms with E-state index in [2.05, 4.69) is 20.7 Å². The number of carbonyl (C=O) groups excluding carboxylic acids is 1. The number of hydrogen-bond acceptors (Lipinski definition) is 4. The molecular weight excluding hydrogens is 292 g/mol. The minimum atomic E-state index is -0.343. The van der Waals surface area contributed by atoms with Gasteiger partial charge in [-0.05, 0) is 42.8 Å². The molecule has 23 heavy (non-hydrogen) atoms. The van der Waals surface area contributed by atoms with Crippen LogP contribution in [0.1, 0.15) is 49.4 Å². The summed E-state index contributed by atoms with van der Waals surface area (Å²) in [5.74, 6) is 0.432. The maximum Gasteiger partial charge on any atom is 0.291 e. The van der Waals surface area contributed by atoms with Gasteiger partial charge in [0.15, 0.2) is 5.69 Å². The Morgan fingerprint density at radius 3 is 2.43 bits per heavy atom. The van der Waals surface area contributed by atoms with Crippen LogP contribution in [-0.4, -0.2) is 28.9 Å². The van der Waals surface area contributed by atoms with Crippen molar-refractivity contribution in [3.63, 3.8) is 0 Å². The highest BCUT2D eigenvalue weighted by Gasteiger charge is 2.19. The lowest BCUT2D eigenvalue weighted by atomic mass is 9.92. The van der Waals surface area contributed by atoms with Crippen LogP contribution in [-0.2, 0) is 5.41 Å². The van der Waals surface area contributed by atoms with Crippen LogP contribution in [0, 0.1) is 0 Å². The van der Waals surface area contributed by atoms with Crippen molar-refractivity contribution in [2.75, 3.05) is 7.11 Å². The van der Waals surface area contributed by atoms with Crippen LogP contribution in [0.3, 0.4) is 0 Å². The normalized spacial score (nSPS) is 12.1. The van der Waals surface area contributed by atoms with Gasteiger partial charge in [0.05, 0.1) is 12.8 Å². The lowest BCUT2D eigenvalue weighted by Crippen LogP contribution is -2.19. The van der Waals surface area contributed by atoms with Gasteiger partial charge in [-0.3, -0.25) is 9.89 Å². The number of hydrazone groups is 1. The number of nitrogens with zero attached hydrogens (tertiary/aromatic N) is 2. The maximum absolute atomic E-state index is 12.1. The summed E-state index contributed by atoms with van der Waals surface area (Å²) in [5.41, 5.74) is 5.27. The van der Waals surface area contributed by atoms with Gasteiger partial charge in [0.2, 0.25) is 0 Å². The Kier molecular flexibility index (Phi) is 4.83. The summed E-state index contributed by atoms with van der Waals surface area (Å²) >= 11 is 0. The van der Waals surface area contributed by atoms with Gasteiger partial charge in [0, 0.05) is 11.1 Å². The minimum Gasteiger partial charge on any atom is -0.497 e. The molecule has 0 aliphatic carbocycles. The highest BCUT2D eigenvalue weighted by molar-refractivity contribution is 6.00. The molecule has 0 aliphatic heterocycles. The van der Waals surface area contributed by atoms with Crippen molar-refractivity contribution in [2.24, 2.45) is 5.10 Å². The molecule has 1 aromatic carbocycles. The zero-order valence-electron chi connectivity index (χ0n) is 14.1. The third-order valence-corrected chi connectivity index (χ3v) is 3.45. The molecule has 2 N–H and O–H groups in total. The second-order valence-corrected chi connectivity index (χ2v) is 6.28. The third kappa shape index (κ3) is 4.18. The second kappa shape index (κ2) is 6.64. The Morgan fingerprint density at radius 2 is 1.91 bits per heavy atom. The molecule has 1 amide bonds. The molecule has 0 fully saturated rings. The van der Waals surface area contributed by atoms with E-state index in [-0.39, 0.29) is 11.3 Å². The first-order valence-corrected chi connectivity index (χ1v) is 7.36. The smallest absolute Gasteiger partial charge is 0.291 e. The Labute approximate surface area is 135 Å². The number of hydrogen-bond donors (Lipinski definition) is 2. The Hall–Kier alpha value is -2.63. The van der Waals surface area contributed by atoms with E-state index in [0.717, 1.165) is 17.0 Å². The van der Waals surface area contributed by atoms with Crippen molar-refractivity contribution < 1.29 is 9.53 Å². The van der Waals surface area contributed by atoms with E-state index >= 15 is 0 Å². The quantitative estimate of drug-likeness (QED) is 0.672. The third-order valence-electron chi connectivity index (χ3n) is 3.45. The van der Waals surface area contributed by atoms with Crippen LogP contribution in [0.5, 0.6) is 5.75 Å². The second-order valence-electron chi connectivity index (χ2n) is 6.28. The topological polar surface area (TPSA) is 79.4 Å². The molecule has 2 aromatic rings. The van der Waals surface area contributed by atoms with Crippen molar-refractivity contribution >= 4 is 11.6 Å². The summed E-state index contributed by atoms with van der Waals surface area (Å²) in [5, 5.41) is 11.0. The van der Waals surface area contributed by atoms with E-state index in [1.807, 2.05) is 52.0 Å². The zero-order valence-corrected chi connectivity index (χ0v) is 14.1. The molecule has 122 valence electrons. The first-order valence-electron chi connectivity index (χ1n) is 7.36. The Morgan fingerprint density at radius 1 is 1.26 bits per heavy atom. The lowest BCUT2D eigenvalue weighted by molar-refractivity contribution is 0.0950. The highest BCUT2D eigenvalue weighted by Crippen LogP contribution is 2.20. The molecule has 0 unspecified atom stereocenters. The predicted octanol–water partition coefficient (Wildman–Crippen LogP) is 2.87. The number of methoxy groups -OCH3 is 1. The summed E-state index contributed by atoms with van der Waals surface area (Å²) in [6.07, 6.45) is 0. The van der Waals surface area contributed by atoms with Gasteiger partial charge in [-0.2, -0.15) is 10.2 Å². The van der Waals surface area contributed by atoms with Crippen LogP contribution < -0.4 is 10.2 Å². The molecule has 0 saturated carbocycles. The number of benzene rings is 1. The summed E-state index contributed by atoms with van der Waals surface area (Å²) in [4.78, 5) is 12.1. The molecule has 0 bridgehead atoms. The number of aromatic amines is 1. The minimum absolute atomic E-state index is 0.0895. The van der Waals surface area contributed by atoms with E-state index < -0.39 is 0 Å². The van der Waals surface area contributed by atoms with Gasteiger partial charge in [0.25, 0.3) is 5.91 Å². The first-order chi connectivity index (χ1) is 10.8. The standard InChI is InChI=1S/C17H22N4O2/c1-11(12-6-8-13(23-5)9-7-12)18-21-16(22)14-10-15(20-19-14)17(2,3)4/h6-10H,1-5H3,(H,19,20)(H,21,22)/b18-11+. The van der Waals surface area contributed by atoms with Crippen LogP contribution >= 0.6 is 0 Å². The number of aromatic nitrogens is 2. The monoisotopic (exact) mass is 314 g/mol. The summed E-state index contributed by atoms with van der Waals surface area (Å²) in [6.45, 7) is 7.98. The molecule has 1 heterocycles. The average molecular weight is 314 g/mol.